The fraction of sp³-hybridized carbons (Fsp3) is 0.444. The molecule has 0 fully saturated rings. The molecule has 35 heavy (non-hydrogen) atoms. The van der Waals surface area contributed by atoms with Crippen LogP contribution >= 0.6 is 23.4 Å². The Kier molecular flexibility index (Phi) is 10.6. The topological polar surface area (TPSA) is 59.8 Å². The summed E-state index contributed by atoms with van der Waals surface area (Å²) < 4.78 is 15.2. The zero-order chi connectivity index (χ0) is 25.2. The number of aromatic nitrogens is 3. The zero-order valence-corrected chi connectivity index (χ0v) is 22.3. The molecule has 0 bridgehead atoms. The number of unbranched alkanes of at least 4 members (excludes halogenated alkanes) is 5. The van der Waals surface area contributed by atoms with Crippen LogP contribution in [0.5, 0.6) is 0 Å². The van der Waals surface area contributed by atoms with Crippen molar-refractivity contribution in [2.75, 3.05) is 0 Å². The molecule has 0 radical (unpaired) electrons. The van der Waals surface area contributed by atoms with Gasteiger partial charge in [0.15, 0.2) is 11.0 Å². The predicted molar refractivity (Wildman–Crippen MR) is 142 cm³/mol. The van der Waals surface area contributed by atoms with Gasteiger partial charge >= 0.3 is 0 Å². The van der Waals surface area contributed by atoms with Crippen molar-refractivity contribution in [1.29, 1.82) is 0 Å². The van der Waals surface area contributed by atoms with Gasteiger partial charge in [0, 0.05) is 17.2 Å². The third-order valence-corrected chi connectivity index (χ3v) is 7.11. The average Bonchev–Trinajstić information content (AvgIpc) is 3.26. The van der Waals surface area contributed by atoms with Crippen LogP contribution in [0, 0.1) is 12.7 Å². The van der Waals surface area contributed by atoms with Gasteiger partial charge in [-0.3, -0.25) is 9.36 Å². The lowest BCUT2D eigenvalue weighted by Crippen LogP contribution is -2.28. The van der Waals surface area contributed by atoms with Crippen LogP contribution in [0.2, 0.25) is 5.02 Å². The third kappa shape index (κ3) is 8.07. The molecule has 8 heteroatoms. The van der Waals surface area contributed by atoms with E-state index in [-0.39, 0.29) is 17.8 Å². The Hall–Kier alpha value is -2.38. The van der Waals surface area contributed by atoms with E-state index >= 15 is 0 Å². The first-order chi connectivity index (χ1) is 16.9. The Bertz CT molecular complexity index is 1100. The summed E-state index contributed by atoms with van der Waals surface area (Å²) in [5.41, 5.74) is 2.87. The summed E-state index contributed by atoms with van der Waals surface area (Å²) in [4.78, 5) is 12.6. The van der Waals surface area contributed by atoms with Crippen LogP contribution in [0.4, 0.5) is 4.39 Å². The fourth-order valence-corrected chi connectivity index (χ4v) is 4.95. The summed E-state index contributed by atoms with van der Waals surface area (Å²) in [6, 6.07) is 11.8. The molecule has 1 unspecified atom stereocenters. The fourth-order valence-electron chi connectivity index (χ4n) is 3.88. The number of thioether (sulfide) groups is 1. The molecule has 188 valence electrons. The lowest BCUT2D eigenvalue weighted by Gasteiger charge is -2.18. The number of halogens is 2. The molecule has 1 heterocycles. The summed E-state index contributed by atoms with van der Waals surface area (Å²) in [6.45, 7) is 6.13. The molecule has 2 aromatic carbocycles. The molecule has 1 atom stereocenters. The van der Waals surface area contributed by atoms with E-state index in [1.54, 1.807) is 12.1 Å². The van der Waals surface area contributed by atoms with Gasteiger partial charge in [-0.1, -0.05) is 80.6 Å². The molecular formula is C27H34ClFN4OS. The van der Waals surface area contributed by atoms with Crippen molar-refractivity contribution in [1.82, 2.24) is 20.1 Å². The minimum Gasteiger partial charge on any atom is -0.346 e. The van der Waals surface area contributed by atoms with Crippen LogP contribution in [-0.4, -0.2) is 20.7 Å². The predicted octanol–water partition coefficient (Wildman–Crippen LogP) is 7.59. The van der Waals surface area contributed by atoms with Crippen LogP contribution in [0.3, 0.4) is 0 Å². The Morgan fingerprint density at radius 3 is 2.54 bits per heavy atom. The minimum atomic E-state index is -0.325. The molecule has 1 aromatic heterocycles. The van der Waals surface area contributed by atoms with Crippen LogP contribution < -0.4 is 5.32 Å². The number of hydrogen-bond acceptors (Lipinski definition) is 4. The average molecular weight is 517 g/mol. The smallest absolute Gasteiger partial charge is 0.220 e. The minimum absolute atomic E-state index is 0.0193. The third-order valence-electron chi connectivity index (χ3n) is 5.87. The van der Waals surface area contributed by atoms with Crippen LogP contribution in [-0.2, 0) is 10.5 Å². The van der Waals surface area contributed by atoms with E-state index in [1.807, 2.05) is 36.6 Å². The van der Waals surface area contributed by atoms with Gasteiger partial charge in [-0.2, -0.15) is 0 Å². The molecule has 0 saturated carbocycles. The van der Waals surface area contributed by atoms with E-state index in [0.717, 1.165) is 29.7 Å². The van der Waals surface area contributed by atoms with Crippen molar-refractivity contribution in [3.8, 4) is 5.69 Å². The molecule has 0 saturated heterocycles. The van der Waals surface area contributed by atoms with Gasteiger partial charge in [0.2, 0.25) is 5.91 Å². The molecule has 3 rings (SSSR count). The highest BCUT2D eigenvalue weighted by Crippen LogP contribution is 2.30. The summed E-state index contributed by atoms with van der Waals surface area (Å²) in [7, 11) is 0. The second-order valence-electron chi connectivity index (χ2n) is 8.83. The summed E-state index contributed by atoms with van der Waals surface area (Å²) in [5, 5.41) is 13.3. The zero-order valence-electron chi connectivity index (χ0n) is 20.7. The first-order valence-corrected chi connectivity index (χ1v) is 13.6. The highest BCUT2D eigenvalue weighted by Gasteiger charge is 2.22. The molecule has 0 aliphatic rings. The van der Waals surface area contributed by atoms with Gasteiger partial charge in [-0.05, 0) is 55.7 Å². The van der Waals surface area contributed by atoms with Crippen LogP contribution in [0.1, 0.15) is 81.8 Å². The molecule has 0 aliphatic carbocycles. The van der Waals surface area contributed by atoms with E-state index < -0.39 is 0 Å². The lowest BCUT2D eigenvalue weighted by atomic mass is 10.1. The van der Waals surface area contributed by atoms with Gasteiger partial charge in [0.05, 0.1) is 11.7 Å². The standard InChI is InChI=1S/C27H34ClFN4OS/c1-4-5-6-7-8-9-10-25(34)30-20(3)26-31-32-27(35-18-21-12-15-23(29)16-13-21)33(26)24-17-22(28)14-11-19(24)2/h11-17,20H,4-10,18H2,1-3H3,(H,30,34). The van der Waals surface area contributed by atoms with E-state index in [0.29, 0.717) is 28.2 Å². The van der Waals surface area contributed by atoms with Gasteiger partial charge in [0.25, 0.3) is 0 Å². The number of carbonyl (C=O) groups is 1. The Morgan fingerprint density at radius 2 is 1.80 bits per heavy atom. The quantitative estimate of drug-likeness (QED) is 0.188. The highest BCUT2D eigenvalue weighted by atomic mass is 35.5. The van der Waals surface area contributed by atoms with Crippen LogP contribution in [0.25, 0.3) is 5.69 Å². The number of nitrogens with one attached hydrogen (secondary N) is 1. The van der Waals surface area contributed by atoms with Gasteiger partial charge in [0.1, 0.15) is 5.82 Å². The number of rotatable bonds is 13. The van der Waals surface area contributed by atoms with E-state index in [9.17, 15) is 9.18 Å². The van der Waals surface area contributed by atoms with Crippen molar-refractivity contribution in [2.45, 2.75) is 82.7 Å². The summed E-state index contributed by atoms with van der Waals surface area (Å²) in [5.74, 6) is 1.01. The number of aryl methyl sites for hydroxylation is 1. The van der Waals surface area contributed by atoms with Gasteiger partial charge in [-0.25, -0.2) is 4.39 Å². The second kappa shape index (κ2) is 13.6. The molecule has 3 aromatic rings. The number of benzene rings is 2. The highest BCUT2D eigenvalue weighted by molar-refractivity contribution is 7.98. The maximum atomic E-state index is 13.3. The maximum Gasteiger partial charge on any atom is 0.220 e. The molecule has 0 spiro atoms. The number of nitrogens with zero attached hydrogens (tertiary/aromatic N) is 3. The molecule has 5 nitrogen and oxygen atoms in total. The monoisotopic (exact) mass is 516 g/mol. The summed E-state index contributed by atoms with van der Waals surface area (Å²) >= 11 is 7.83. The van der Waals surface area contributed by atoms with Crippen LogP contribution in [0.15, 0.2) is 47.6 Å². The molecule has 0 aliphatic heterocycles. The molecular weight excluding hydrogens is 483 g/mol. The van der Waals surface area contributed by atoms with Crippen molar-refractivity contribution in [3.63, 3.8) is 0 Å². The normalized spacial score (nSPS) is 12.0. The van der Waals surface area contributed by atoms with Crippen molar-refractivity contribution in [2.24, 2.45) is 0 Å². The number of amides is 1. The number of carbonyl (C=O) groups excluding carboxylic acids is 1. The van der Waals surface area contributed by atoms with E-state index in [4.69, 9.17) is 11.6 Å². The van der Waals surface area contributed by atoms with Crippen molar-refractivity contribution < 1.29 is 9.18 Å². The summed E-state index contributed by atoms with van der Waals surface area (Å²) in [6.07, 6.45) is 7.35. The Morgan fingerprint density at radius 1 is 1.09 bits per heavy atom. The van der Waals surface area contributed by atoms with Gasteiger partial charge < -0.3 is 5.32 Å². The van der Waals surface area contributed by atoms with E-state index in [1.165, 1.54) is 49.6 Å². The first kappa shape index (κ1) is 27.2. The van der Waals surface area contributed by atoms with Crippen molar-refractivity contribution >= 4 is 29.3 Å². The number of hydrogen-bond donors (Lipinski definition) is 1. The largest absolute Gasteiger partial charge is 0.346 e. The Balaban J connectivity index is 1.75. The SMILES string of the molecule is CCCCCCCCC(=O)NC(C)c1nnc(SCc2ccc(F)cc2)n1-c1cc(Cl)ccc1C. The lowest BCUT2D eigenvalue weighted by molar-refractivity contribution is -0.121. The molecule has 1 amide bonds. The van der Waals surface area contributed by atoms with E-state index in [2.05, 4.69) is 22.4 Å². The van der Waals surface area contributed by atoms with Gasteiger partial charge in [-0.15, -0.1) is 10.2 Å². The maximum absolute atomic E-state index is 13.3. The van der Waals surface area contributed by atoms with Crippen molar-refractivity contribution in [3.05, 3.63) is 70.3 Å². The second-order valence-corrected chi connectivity index (χ2v) is 10.2. The Labute approximate surface area is 216 Å². The first-order valence-electron chi connectivity index (χ1n) is 12.3. The molecule has 1 N–H and O–H groups in total.